The highest BCUT2D eigenvalue weighted by atomic mass is 16.5. The summed E-state index contributed by atoms with van der Waals surface area (Å²) in [6.45, 7) is 7.80. The molecule has 0 atom stereocenters. The van der Waals surface area contributed by atoms with Gasteiger partial charge in [-0.3, -0.25) is 0 Å². The maximum Gasteiger partial charge on any atom is 0.136 e. The zero-order valence-corrected chi connectivity index (χ0v) is 12.8. The SMILES string of the molecule is Cc1c(N)nc(C2CC2)nc1NCCCCOC(C)C. The number of hydrogen-bond donors (Lipinski definition) is 2. The second kappa shape index (κ2) is 6.88. The number of nitrogens with one attached hydrogen (secondary N) is 1. The molecular weight excluding hydrogens is 252 g/mol. The highest BCUT2D eigenvalue weighted by Crippen LogP contribution is 2.39. The second-order valence-corrected chi connectivity index (χ2v) is 5.77. The molecule has 3 N–H and O–H groups in total. The largest absolute Gasteiger partial charge is 0.383 e. The molecular formula is C15H26N4O. The highest BCUT2D eigenvalue weighted by Gasteiger charge is 2.27. The van der Waals surface area contributed by atoms with Crippen LogP contribution in [0.5, 0.6) is 0 Å². The molecule has 1 saturated carbocycles. The van der Waals surface area contributed by atoms with Gasteiger partial charge in [-0.05, 0) is 46.5 Å². The van der Waals surface area contributed by atoms with Gasteiger partial charge in [-0.1, -0.05) is 0 Å². The first-order valence-corrected chi connectivity index (χ1v) is 7.57. The summed E-state index contributed by atoms with van der Waals surface area (Å²) < 4.78 is 5.52. The lowest BCUT2D eigenvalue weighted by molar-refractivity contribution is 0.0765. The van der Waals surface area contributed by atoms with Gasteiger partial charge >= 0.3 is 0 Å². The fourth-order valence-electron chi connectivity index (χ4n) is 2.00. The summed E-state index contributed by atoms with van der Waals surface area (Å²) in [6, 6.07) is 0. The van der Waals surface area contributed by atoms with E-state index in [0.29, 0.717) is 17.8 Å². The molecule has 1 aromatic rings. The molecule has 0 saturated heterocycles. The first-order chi connectivity index (χ1) is 9.58. The van der Waals surface area contributed by atoms with Gasteiger partial charge in [-0.15, -0.1) is 0 Å². The number of unbranched alkanes of at least 4 members (excludes halogenated alkanes) is 1. The molecule has 1 fully saturated rings. The number of nitrogens with two attached hydrogens (primary N) is 1. The number of rotatable bonds is 8. The zero-order valence-electron chi connectivity index (χ0n) is 12.8. The quantitative estimate of drug-likeness (QED) is 0.715. The van der Waals surface area contributed by atoms with Crippen LogP contribution >= 0.6 is 0 Å². The molecule has 0 amide bonds. The Kier molecular flexibility index (Phi) is 5.17. The molecule has 5 nitrogen and oxygen atoms in total. The van der Waals surface area contributed by atoms with Crippen LogP contribution in [-0.4, -0.2) is 29.2 Å². The number of anilines is 2. The lowest BCUT2D eigenvalue weighted by Crippen LogP contribution is -2.11. The van der Waals surface area contributed by atoms with Gasteiger partial charge in [0.1, 0.15) is 17.5 Å². The summed E-state index contributed by atoms with van der Waals surface area (Å²) in [5, 5.41) is 3.38. The van der Waals surface area contributed by atoms with Gasteiger partial charge in [0.2, 0.25) is 0 Å². The van der Waals surface area contributed by atoms with Crippen LogP contribution in [0.2, 0.25) is 0 Å². The molecule has 1 aliphatic rings. The summed E-state index contributed by atoms with van der Waals surface area (Å²) in [7, 11) is 0. The van der Waals surface area contributed by atoms with Crippen LogP contribution in [0.3, 0.4) is 0 Å². The Morgan fingerprint density at radius 1 is 1.30 bits per heavy atom. The van der Waals surface area contributed by atoms with Crippen molar-refractivity contribution in [3.05, 3.63) is 11.4 Å². The lowest BCUT2D eigenvalue weighted by Gasteiger charge is -2.12. The lowest BCUT2D eigenvalue weighted by atomic mass is 10.2. The summed E-state index contributed by atoms with van der Waals surface area (Å²) in [5.74, 6) is 2.92. The maximum absolute atomic E-state index is 5.96. The van der Waals surface area contributed by atoms with Gasteiger partial charge in [0.05, 0.1) is 6.10 Å². The minimum Gasteiger partial charge on any atom is -0.383 e. The second-order valence-electron chi connectivity index (χ2n) is 5.77. The van der Waals surface area contributed by atoms with E-state index in [1.54, 1.807) is 0 Å². The van der Waals surface area contributed by atoms with Gasteiger partial charge in [-0.2, -0.15) is 0 Å². The molecule has 1 aliphatic carbocycles. The van der Waals surface area contributed by atoms with Crippen molar-refractivity contribution in [1.29, 1.82) is 0 Å². The minimum absolute atomic E-state index is 0.313. The topological polar surface area (TPSA) is 73.1 Å². The van der Waals surface area contributed by atoms with Crippen molar-refractivity contribution >= 4 is 11.6 Å². The van der Waals surface area contributed by atoms with Gasteiger partial charge in [0.25, 0.3) is 0 Å². The first-order valence-electron chi connectivity index (χ1n) is 7.57. The third kappa shape index (κ3) is 4.34. The molecule has 1 aromatic heterocycles. The molecule has 112 valence electrons. The van der Waals surface area contributed by atoms with Crippen LogP contribution in [0.4, 0.5) is 11.6 Å². The summed E-state index contributed by atoms with van der Waals surface area (Å²) in [4.78, 5) is 8.99. The molecule has 0 aliphatic heterocycles. The Bertz CT molecular complexity index is 444. The van der Waals surface area contributed by atoms with E-state index in [2.05, 4.69) is 29.1 Å². The fourth-order valence-corrected chi connectivity index (χ4v) is 2.00. The van der Waals surface area contributed by atoms with Crippen molar-refractivity contribution in [3.8, 4) is 0 Å². The van der Waals surface area contributed by atoms with Gasteiger partial charge < -0.3 is 15.8 Å². The van der Waals surface area contributed by atoms with Gasteiger partial charge in [0, 0.05) is 24.6 Å². The smallest absolute Gasteiger partial charge is 0.136 e. The molecule has 0 radical (unpaired) electrons. The van der Waals surface area contributed by atoms with Crippen molar-refractivity contribution in [2.75, 3.05) is 24.2 Å². The van der Waals surface area contributed by atoms with Gasteiger partial charge in [-0.25, -0.2) is 9.97 Å². The van der Waals surface area contributed by atoms with E-state index >= 15 is 0 Å². The fraction of sp³-hybridized carbons (Fsp3) is 0.733. The highest BCUT2D eigenvalue weighted by molar-refractivity contribution is 5.55. The van der Waals surface area contributed by atoms with Crippen LogP contribution < -0.4 is 11.1 Å². The Morgan fingerprint density at radius 3 is 2.70 bits per heavy atom. The van der Waals surface area contributed by atoms with E-state index < -0.39 is 0 Å². The number of nitrogens with zero attached hydrogens (tertiary/aromatic N) is 2. The van der Waals surface area contributed by atoms with Gasteiger partial charge in [0.15, 0.2) is 0 Å². The Labute approximate surface area is 121 Å². The van der Waals surface area contributed by atoms with Crippen molar-refractivity contribution in [2.24, 2.45) is 0 Å². The average molecular weight is 278 g/mol. The van der Waals surface area contributed by atoms with Crippen LogP contribution in [0.1, 0.15) is 56.8 Å². The Hall–Kier alpha value is -1.36. The van der Waals surface area contributed by atoms with E-state index in [0.717, 1.165) is 43.2 Å². The molecule has 0 aromatic carbocycles. The average Bonchev–Trinajstić information content (AvgIpc) is 3.22. The predicted octanol–water partition coefficient (Wildman–Crippen LogP) is 2.86. The third-order valence-corrected chi connectivity index (χ3v) is 3.46. The number of aromatic nitrogens is 2. The van der Waals surface area contributed by atoms with Crippen molar-refractivity contribution in [3.63, 3.8) is 0 Å². The molecule has 5 heteroatoms. The monoisotopic (exact) mass is 278 g/mol. The van der Waals surface area contributed by atoms with Crippen molar-refractivity contribution in [2.45, 2.75) is 58.5 Å². The van der Waals surface area contributed by atoms with E-state index in [1.165, 1.54) is 12.8 Å². The standard InChI is InChI=1S/C15H26N4O/c1-10(2)20-9-5-4-8-17-14-11(3)13(16)18-15(19-14)12-6-7-12/h10,12H,4-9H2,1-3H3,(H3,16,17,18,19). The predicted molar refractivity (Wildman–Crippen MR) is 82.0 cm³/mol. The minimum atomic E-state index is 0.313. The number of ether oxygens (including phenoxy) is 1. The summed E-state index contributed by atoms with van der Waals surface area (Å²) in [5.41, 5.74) is 6.91. The van der Waals surface area contributed by atoms with E-state index in [9.17, 15) is 0 Å². The maximum atomic E-state index is 5.96. The summed E-state index contributed by atoms with van der Waals surface area (Å²) >= 11 is 0. The molecule has 0 spiro atoms. The molecule has 20 heavy (non-hydrogen) atoms. The number of hydrogen-bond acceptors (Lipinski definition) is 5. The normalized spacial score (nSPS) is 14.8. The molecule has 2 rings (SSSR count). The van der Waals surface area contributed by atoms with E-state index in [1.807, 2.05) is 6.92 Å². The van der Waals surface area contributed by atoms with Crippen molar-refractivity contribution < 1.29 is 4.74 Å². The van der Waals surface area contributed by atoms with Crippen molar-refractivity contribution in [1.82, 2.24) is 9.97 Å². The summed E-state index contributed by atoms with van der Waals surface area (Å²) in [6.07, 6.45) is 4.81. The number of nitrogen functional groups attached to an aromatic ring is 1. The Balaban J connectivity index is 1.80. The Morgan fingerprint density at radius 2 is 2.05 bits per heavy atom. The first kappa shape index (κ1) is 15.0. The van der Waals surface area contributed by atoms with Crippen LogP contribution in [0, 0.1) is 6.92 Å². The van der Waals surface area contributed by atoms with E-state index in [4.69, 9.17) is 10.5 Å². The van der Waals surface area contributed by atoms with Crippen LogP contribution in [0.25, 0.3) is 0 Å². The molecule has 0 unspecified atom stereocenters. The molecule has 0 bridgehead atoms. The molecule has 1 heterocycles. The van der Waals surface area contributed by atoms with Crippen LogP contribution in [-0.2, 0) is 4.74 Å². The van der Waals surface area contributed by atoms with E-state index in [-0.39, 0.29) is 0 Å². The van der Waals surface area contributed by atoms with Crippen LogP contribution in [0.15, 0.2) is 0 Å². The third-order valence-electron chi connectivity index (χ3n) is 3.46. The zero-order chi connectivity index (χ0) is 14.5.